The normalized spacial score (nSPS) is 12.7. The zero-order valence-corrected chi connectivity index (χ0v) is 13.0. The number of rotatable bonds is 3. The molecule has 2 rings (SSSR count). The lowest BCUT2D eigenvalue weighted by molar-refractivity contribution is 0.609. The van der Waals surface area contributed by atoms with Crippen molar-refractivity contribution in [3.05, 3.63) is 55.4 Å². The molecule has 18 heavy (non-hydrogen) atoms. The number of thiophene rings is 1. The van der Waals surface area contributed by atoms with Gasteiger partial charge in [-0.3, -0.25) is 0 Å². The first kappa shape index (κ1) is 13.7. The molecule has 1 atom stereocenters. The fourth-order valence-electron chi connectivity index (χ4n) is 1.94. The monoisotopic (exact) mass is 327 g/mol. The Morgan fingerprint density at radius 1 is 1.28 bits per heavy atom. The molecule has 1 heterocycles. The van der Waals surface area contributed by atoms with E-state index < -0.39 is 0 Å². The van der Waals surface area contributed by atoms with Crippen molar-refractivity contribution in [3.8, 4) is 0 Å². The van der Waals surface area contributed by atoms with Gasteiger partial charge in [0.05, 0.1) is 6.04 Å². The molecule has 4 heteroatoms. The summed E-state index contributed by atoms with van der Waals surface area (Å²) in [6.45, 7) is 3.85. The average molecular weight is 328 g/mol. The van der Waals surface area contributed by atoms with Gasteiger partial charge in [0.1, 0.15) is 5.82 Å². The Hall–Kier alpha value is -0.710. The SMILES string of the molecule is CNC(c1ccc(C)c(F)c1)c1sc(C)cc1Br. The summed E-state index contributed by atoms with van der Waals surface area (Å²) in [6.07, 6.45) is 0. The van der Waals surface area contributed by atoms with Gasteiger partial charge in [-0.15, -0.1) is 11.3 Å². The number of nitrogens with one attached hydrogen (secondary N) is 1. The van der Waals surface area contributed by atoms with Crippen molar-refractivity contribution < 1.29 is 4.39 Å². The van der Waals surface area contributed by atoms with Crippen LogP contribution in [-0.4, -0.2) is 7.05 Å². The maximum Gasteiger partial charge on any atom is 0.126 e. The Morgan fingerprint density at radius 3 is 2.50 bits per heavy atom. The fraction of sp³-hybridized carbons (Fsp3) is 0.286. The molecule has 0 saturated heterocycles. The van der Waals surface area contributed by atoms with Crippen molar-refractivity contribution in [3.63, 3.8) is 0 Å². The van der Waals surface area contributed by atoms with E-state index in [0.29, 0.717) is 5.56 Å². The molecular formula is C14H15BrFNS. The molecule has 96 valence electrons. The van der Waals surface area contributed by atoms with Crippen molar-refractivity contribution >= 4 is 27.3 Å². The molecule has 0 aliphatic rings. The molecule has 0 radical (unpaired) electrons. The van der Waals surface area contributed by atoms with Crippen molar-refractivity contribution in [1.29, 1.82) is 0 Å². The minimum atomic E-state index is -0.155. The second kappa shape index (κ2) is 5.51. The van der Waals surface area contributed by atoms with Crippen LogP contribution in [0.25, 0.3) is 0 Å². The molecule has 0 spiro atoms. The smallest absolute Gasteiger partial charge is 0.126 e. The molecule has 1 nitrogen and oxygen atoms in total. The van der Waals surface area contributed by atoms with E-state index in [1.807, 2.05) is 19.2 Å². The summed E-state index contributed by atoms with van der Waals surface area (Å²) in [6, 6.07) is 7.52. The molecule has 1 aromatic heterocycles. The molecule has 0 aliphatic carbocycles. The van der Waals surface area contributed by atoms with E-state index in [2.05, 4.69) is 34.2 Å². The van der Waals surface area contributed by atoms with E-state index in [9.17, 15) is 4.39 Å². The highest BCUT2D eigenvalue weighted by Crippen LogP contribution is 2.35. The van der Waals surface area contributed by atoms with Crippen LogP contribution in [0.15, 0.2) is 28.7 Å². The van der Waals surface area contributed by atoms with E-state index >= 15 is 0 Å². The third-order valence-electron chi connectivity index (χ3n) is 2.92. The van der Waals surface area contributed by atoms with E-state index in [-0.39, 0.29) is 11.9 Å². The Labute approximate surface area is 119 Å². The summed E-state index contributed by atoms with van der Waals surface area (Å²) in [4.78, 5) is 2.42. The largest absolute Gasteiger partial charge is 0.309 e. The molecule has 2 aromatic rings. The fourth-order valence-corrected chi connectivity index (χ4v) is 3.95. The molecule has 0 bridgehead atoms. The van der Waals surface area contributed by atoms with Crippen LogP contribution in [0.5, 0.6) is 0 Å². The van der Waals surface area contributed by atoms with Gasteiger partial charge >= 0.3 is 0 Å². The molecule has 0 aliphatic heterocycles. The van der Waals surface area contributed by atoms with Crippen molar-refractivity contribution in [2.45, 2.75) is 19.9 Å². The van der Waals surface area contributed by atoms with Crippen LogP contribution >= 0.6 is 27.3 Å². The average Bonchev–Trinajstić information content (AvgIpc) is 2.64. The van der Waals surface area contributed by atoms with E-state index in [4.69, 9.17) is 0 Å². The van der Waals surface area contributed by atoms with Gasteiger partial charge in [-0.05, 0) is 60.1 Å². The van der Waals surface area contributed by atoms with Crippen molar-refractivity contribution in [1.82, 2.24) is 5.32 Å². The van der Waals surface area contributed by atoms with E-state index in [1.54, 1.807) is 24.3 Å². The first-order valence-corrected chi connectivity index (χ1v) is 7.33. The summed E-state index contributed by atoms with van der Waals surface area (Å²) in [5, 5.41) is 3.25. The van der Waals surface area contributed by atoms with Gasteiger partial charge in [-0.1, -0.05) is 12.1 Å². The first-order chi connectivity index (χ1) is 8.52. The Morgan fingerprint density at radius 2 is 2.00 bits per heavy atom. The summed E-state index contributed by atoms with van der Waals surface area (Å²) in [7, 11) is 1.89. The van der Waals surface area contributed by atoms with Gasteiger partial charge in [0.25, 0.3) is 0 Å². The quantitative estimate of drug-likeness (QED) is 0.870. The maximum atomic E-state index is 13.7. The summed E-state index contributed by atoms with van der Waals surface area (Å²) < 4.78 is 14.7. The zero-order valence-electron chi connectivity index (χ0n) is 10.6. The summed E-state index contributed by atoms with van der Waals surface area (Å²) in [5.41, 5.74) is 1.62. The van der Waals surface area contributed by atoms with Crippen molar-refractivity contribution in [2.75, 3.05) is 7.05 Å². The highest BCUT2D eigenvalue weighted by molar-refractivity contribution is 9.10. The van der Waals surface area contributed by atoms with Gasteiger partial charge in [-0.25, -0.2) is 4.39 Å². The van der Waals surface area contributed by atoms with E-state index in [1.165, 1.54) is 9.75 Å². The number of aryl methyl sites for hydroxylation is 2. The van der Waals surface area contributed by atoms with Crippen LogP contribution in [0.2, 0.25) is 0 Å². The van der Waals surface area contributed by atoms with Crippen LogP contribution in [0, 0.1) is 19.7 Å². The summed E-state index contributed by atoms with van der Waals surface area (Å²) in [5.74, 6) is -0.155. The molecule has 1 unspecified atom stereocenters. The lowest BCUT2D eigenvalue weighted by atomic mass is 10.0. The molecule has 1 N–H and O–H groups in total. The number of benzene rings is 1. The highest BCUT2D eigenvalue weighted by Gasteiger charge is 2.18. The molecule has 0 saturated carbocycles. The summed E-state index contributed by atoms with van der Waals surface area (Å²) >= 11 is 5.29. The topological polar surface area (TPSA) is 12.0 Å². The van der Waals surface area contributed by atoms with Crippen LogP contribution < -0.4 is 5.32 Å². The molecule has 0 amide bonds. The zero-order chi connectivity index (χ0) is 13.3. The van der Waals surface area contributed by atoms with Crippen LogP contribution in [0.4, 0.5) is 4.39 Å². The van der Waals surface area contributed by atoms with Crippen LogP contribution in [0.1, 0.15) is 26.9 Å². The highest BCUT2D eigenvalue weighted by atomic mass is 79.9. The maximum absolute atomic E-state index is 13.7. The lowest BCUT2D eigenvalue weighted by Gasteiger charge is -2.16. The van der Waals surface area contributed by atoms with Gasteiger partial charge in [0, 0.05) is 14.2 Å². The predicted octanol–water partition coefficient (Wildman–Crippen LogP) is 4.58. The second-order valence-electron chi connectivity index (χ2n) is 4.30. The number of hydrogen-bond acceptors (Lipinski definition) is 2. The van der Waals surface area contributed by atoms with Gasteiger partial charge in [-0.2, -0.15) is 0 Å². The van der Waals surface area contributed by atoms with Crippen LogP contribution in [-0.2, 0) is 0 Å². The minimum absolute atomic E-state index is 0.0215. The standard InChI is InChI=1S/C14H15BrFNS/c1-8-4-5-10(7-12(8)16)13(17-3)14-11(15)6-9(2)18-14/h4-7,13,17H,1-3H3. The van der Waals surface area contributed by atoms with Gasteiger partial charge in [0.2, 0.25) is 0 Å². The Kier molecular flexibility index (Phi) is 4.20. The second-order valence-corrected chi connectivity index (χ2v) is 6.44. The lowest BCUT2D eigenvalue weighted by Crippen LogP contribution is -2.17. The Balaban J connectivity index is 2.45. The molecular weight excluding hydrogens is 313 g/mol. The minimum Gasteiger partial charge on any atom is -0.309 e. The molecule has 0 fully saturated rings. The Bertz CT molecular complexity index is 565. The predicted molar refractivity (Wildman–Crippen MR) is 78.8 cm³/mol. The van der Waals surface area contributed by atoms with Crippen molar-refractivity contribution in [2.24, 2.45) is 0 Å². The van der Waals surface area contributed by atoms with Crippen LogP contribution in [0.3, 0.4) is 0 Å². The van der Waals surface area contributed by atoms with Gasteiger partial charge in [0.15, 0.2) is 0 Å². The first-order valence-electron chi connectivity index (χ1n) is 5.72. The molecule has 1 aromatic carbocycles. The van der Waals surface area contributed by atoms with Gasteiger partial charge < -0.3 is 5.32 Å². The number of halogens is 2. The third-order valence-corrected chi connectivity index (χ3v) is 4.95. The van der Waals surface area contributed by atoms with E-state index in [0.717, 1.165) is 10.0 Å². The number of hydrogen-bond donors (Lipinski definition) is 1. The third kappa shape index (κ3) is 2.66.